The molecule has 0 saturated heterocycles. The molecule has 0 spiro atoms. The number of pyridine rings is 2. The molecule has 0 saturated carbocycles. The molecule has 4 heterocycles. The number of hydrogen-bond donors (Lipinski definition) is 1. The van der Waals surface area contributed by atoms with Crippen LogP contribution in [0.5, 0.6) is 5.88 Å². The van der Waals surface area contributed by atoms with Crippen LogP contribution in [0.25, 0.3) is 28.0 Å². The molecule has 0 fully saturated rings. The van der Waals surface area contributed by atoms with Crippen LogP contribution in [-0.4, -0.2) is 36.7 Å². The Kier molecular flexibility index (Phi) is 5.32. The summed E-state index contributed by atoms with van der Waals surface area (Å²) < 4.78 is 6.93. The lowest BCUT2D eigenvalue weighted by atomic mass is 9.97. The molecule has 4 aromatic heterocycles. The van der Waals surface area contributed by atoms with E-state index in [1.165, 1.54) is 4.52 Å². The fourth-order valence-corrected chi connectivity index (χ4v) is 3.87. The average molecular weight is 448 g/mol. The summed E-state index contributed by atoms with van der Waals surface area (Å²) in [5, 5.41) is 14.3. The van der Waals surface area contributed by atoms with Crippen LogP contribution in [0.4, 0.5) is 5.95 Å². The maximum absolute atomic E-state index is 9.74. The van der Waals surface area contributed by atoms with E-state index in [9.17, 15) is 5.26 Å². The summed E-state index contributed by atoms with van der Waals surface area (Å²) in [4.78, 5) is 18.3. The van der Waals surface area contributed by atoms with Crippen molar-refractivity contribution in [3.05, 3.63) is 83.6 Å². The van der Waals surface area contributed by atoms with Crippen LogP contribution < -0.4 is 10.5 Å². The van der Waals surface area contributed by atoms with Gasteiger partial charge in [0.1, 0.15) is 0 Å². The number of fused-ring (bicyclic) bond motifs is 1. The Morgan fingerprint density at radius 1 is 1.06 bits per heavy atom. The molecule has 9 heteroatoms. The first kappa shape index (κ1) is 21.0. The number of nitrogens with zero attached hydrogens (tertiary/aromatic N) is 7. The number of benzene rings is 1. The van der Waals surface area contributed by atoms with Crippen molar-refractivity contribution >= 4 is 11.6 Å². The number of ether oxygens (including phenoxy) is 1. The van der Waals surface area contributed by atoms with E-state index in [1.54, 1.807) is 19.4 Å². The average Bonchev–Trinajstić information content (AvgIpc) is 3.28. The van der Waals surface area contributed by atoms with Gasteiger partial charge in [0.05, 0.1) is 36.4 Å². The van der Waals surface area contributed by atoms with Gasteiger partial charge in [-0.2, -0.15) is 9.78 Å². The van der Waals surface area contributed by atoms with Gasteiger partial charge in [0.2, 0.25) is 11.8 Å². The van der Waals surface area contributed by atoms with Gasteiger partial charge in [0.15, 0.2) is 11.5 Å². The van der Waals surface area contributed by atoms with Crippen molar-refractivity contribution in [2.24, 2.45) is 0 Å². The molecule has 0 aliphatic carbocycles. The molecule has 1 aromatic carbocycles. The van der Waals surface area contributed by atoms with Crippen LogP contribution >= 0.6 is 0 Å². The summed E-state index contributed by atoms with van der Waals surface area (Å²) in [7, 11) is 1.57. The Hall–Kier alpha value is -4.84. The van der Waals surface area contributed by atoms with E-state index in [1.807, 2.05) is 55.5 Å². The Bertz CT molecular complexity index is 1550. The number of nitrogen functional groups attached to an aromatic ring is 1. The topological polar surface area (TPSA) is 128 Å². The molecule has 34 heavy (non-hydrogen) atoms. The molecule has 0 bridgehead atoms. The number of nitriles is 1. The fourth-order valence-electron chi connectivity index (χ4n) is 3.87. The molecule has 5 rings (SSSR count). The largest absolute Gasteiger partial charge is 0.481 e. The van der Waals surface area contributed by atoms with Gasteiger partial charge in [-0.3, -0.25) is 4.98 Å². The van der Waals surface area contributed by atoms with Crippen LogP contribution in [0.1, 0.15) is 22.8 Å². The zero-order chi connectivity index (χ0) is 23.7. The van der Waals surface area contributed by atoms with Crippen LogP contribution in [-0.2, 0) is 6.42 Å². The van der Waals surface area contributed by atoms with Crippen molar-refractivity contribution in [3.8, 4) is 34.3 Å². The summed E-state index contributed by atoms with van der Waals surface area (Å²) in [5.74, 6) is 1.17. The molecule has 0 radical (unpaired) electrons. The third kappa shape index (κ3) is 3.78. The molecule has 2 N–H and O–H groups in total. The quantitative estimate of drug-likeness (QED) is 0.432. The van der Waals surface area contributed by atoms with Crippen LogP contribution in [0.15, 0.2) is 60.8 Å². The number of aryl methyl sites for hydroxylation is 1. The van der Waals surface area contributed by atoms with E-state index in [0.717, 1.165) is 17.0 Å². The van der Waals surface area contributed by atoms with Gasteiger partial charge in [0, 0.05) is 29.2 Å². The third-order valence-corrected chi connectivity index (χ3v) is 5.35. The summed E-state index contributed by atoms with van der Waals surface area (Å²) in [6.07, 6.45) is 2.17. The second-order valence-corrected chi connectivity index (χ2v) is 7.65. The second kappa shape index (κ2) is 8.60. The summed E-state index contributed by atoms with van der Waals surface area (Å²) >= 11 is 0. The van der Waals surface area contributed by atoms with Gasteiger partial charge in [-0.25, -0.2) is 15.0 Å². The second-order valence-electron chi connectivity index (χ2n) is 7.65. The zero-order valence-corrected chi connectivity index (χ0v) is 18.6. The van der Waals surface area contributed by atoms with E-state index in [2.05, 4.69) is 26.1 Å². The van der Waals surface area contributed by atoms with E-state index in [-0.39, 0.29) is 5.95 Å². The minimum Gasteiger partial charge on any atom is -0.481 e. The lowest BCUT2D eigenvalue weighted by Crippen LogP contribution is -2.07. The number of methoxy groups -OCH3 is 1. The Morgan fingerprint density at radius 2 is 1.88 bits per heavy atom. The van der Waals surface area contributed by atoms with Crippen molar-refractivity contribution in [2.75, 3.05) is 12.8 Å². The molecule has 0 amide bonds. The van der Waals surface area contributed by atoms with Crippen molar-refractivity contribution in [2.45, 2.75) is 13.3 Å². The standard InChI is InChI=1S/C25H20N8O/c1-15-11-17(12-21(29-15)34-2)22-23(19-9-4-3-7-16(19)14-26)31-25(27)33-24(22)30-20(32-33)13-18-8-5-6-10-28-18/h3-12H,13H2,1-2H3,(H2,27,31). The van der Waals surface area contributed by atoms with Crippen molar-refractivity contribution in [3.63, 3.8) is 0 Å². The molecule has 9 nitrogen and oxygen atoms in total. The molecule has 5 aromatic rings. The lowest BCUT2D eigenvalue weighted by molar-refractivity contribution is 0.397. The predicted octanol–water partition coefficient (Wildman–Crippen LogP) is 3.61. The molecule has 0 atom stereocenters. The third-order valence-electron chi connectivity index (χ3n) is 5.35. The van der Waals surface area contributed by atoms with E-state index < -0.39 is 0 Å². The maximum Gasteiger partial charge on any atom is 0.223 e. The molecular weight excluding hydrogens is 428 g/mol. The Morgan fingerprint density at radius 3 is 2.65 bits per heavy atom. The van der Waals surface area contributed by atoms with Gasteiger partial charge < -0.3 is 10.5 Å². The molecular formula is C25H20N8O. The first-order chi connectivity index (χ1) is 16.6. The predicted molar refractivity (Wildman–Crippen MR) is 127 cm³/mol. The van der Waals surface area contributed by atoms with E-state index in [4.69, 9.17) is 15.5 Å². The molecule has 0 unspecified atom stereocenters. The highest BCUT2D eigenvalue weighted by Crippen LogP contribution is 2.37. The number of hydrogen-bond acceptors (Lipinski definition) is 8. The smallest absolute Gasteiger partial charge is 0.223 e. The van der Waals surface area contributed by atoms with Crippen LogP contribution in [0, 0.1) is 18.3 Å². The summed E-state index contributed by atoms with van der Waals surface area (Å²) in [6, 6.07) is 18.9. The van der Waals surface area contributed by atoms with E-state index >= 15 is 0 Å². The molecule has 166 valence electrons. The number of anilines is 1. The fraction of sp³-hybridized carbons (Fsp3) is 0.120. The van der Waals surface area contributed by atoms with Gasteiger partial charge in [-0.15, -0.1) is 5.10 Å². The molecule has 0 aliphatic heterocycles. The summed E-state index contributed by atoms with van der Waals surface area (Å²) in [5.41, 5.74) is 11.6. The number of nitrogens with two attached hydrogens (primary N) is 1. The van der Waals surface area contributed by atoms with E-state index in [0.29, 0.717) is 46.2 Å². The first-order valence-corrected chi connectivity index (χ1v) is 10.5. The highest BCUT2D eigenvalue weighted by atomic mass is 16.5. The highest BCUT2D eigenvalue weighted by molar-refractivity contribution is 5.92. The number of rotatable bonds is 5. The van der Waals surface area contributed by atoms with Gasteiger partial charge in [-0.1, -0.05) is 24.3 Å². The van der Waals surface area contributed by atoms with Crippen molar-refractivity contribution in [1.82, 2.24) is 29.5 Å². The minimum atomic E-state index is 0.166. The van der Waals surface area contributed by atoms with Gasteiger partial charge in [0.25, 0.3) is 0 Å². The van der Waals surface area contributed by atoms with Crippen molar-refractivity contribution in [1.29, 1.82) is 5.26 Å². The zero-order valence-electron chi connectivity index (χ0n) is 18.6. The van der Waals surface area contributed by atoms with Crippen LogP contribution in [0.2, 0.25) is 0 Å². The summed E-state index contributed by atoms with van der Waals surface area (Å²) in [6.45, 7) is 1.88. The normalized spacial score (nSPS) is 10.9. The maximum atomic E-state index is 9.74. The van der Waals surface area contributed by atoms with Crippen molar-refractivity contribution < 1.29 is 4.74 Å². The monoisotopic (exact) mass is 448 g/mol. The van der Waals surface area contributed by atoms with Crippen LogP contribution in [0.3, 0.4) is 0 Å². The molecule has 0 aliphatic rings. The van der Waals surface area contributed by atoms with Gasteiger partial charge in [-0.05, 0) is 36.8 Å². The first-order valence-electron chi connectivity index (χ1n) is 10.5. The minimum absolute atomic E-state index is 0.166. The SMILES string of the molecule is COc1cc(-c2c(-c3ccccc3C#N)nc(N)n3nc(Cc4ccccn4)nc23)cc(C)n1. The highest BCUT2D eigenvalue weighted by Gasteiger charge is 2.22. The van der Waals surface area contributed by atoms with Gasteiger partial charge >= 0.3 is 0 Å². The number of aromatic nitrogens is 6. The Labute approximate surface area is 195 Å². The lowest BCUT2D eigenvalue weighted by Gasteiger charge is -2.14. The Balaban J connectivity index is 1.82.